The molecule has 0 aromatic rings. The van der Waals surface area contributed by atoms with Crippen LogP contribution in [-0.4, -0.2) is 16.9 Å². The highest BCUT2D eigenvalue weighted by Crippen LogP contribution is 2.52. The molecule has 1 rings (SSSR count). The predicted molar refractivity (Wildman–Crippen MR) is 48.3 cm³/mol. The van der Waals surface area contributed by atoms with Crippen LogP contribution < -0.4 is 0 Å². The van der Waals surface area contributed by atoms with E-state index in [1.165, 1.54) is 0 Å². The first-order valence-electron chi connectivity index (χ1n) is 4.66. The van der Waals surface area contributed by atoms with E-state index >= 15 is 0 Å². The summed E-state index contributed by atoms with van der Waals surface area (Å²) in [5.41, 5.74) is -0.348. The second-order valence-electron chi connectivity index (χ2n) is 4.32. The fourth-order valence-electron chi connectivity index (χ4n) is 2.14. The van der Waals surface area contributed by atoms with Crippen LogP contribution in [0.3, 0.4) is 0 Å². The minimum Gasteiger partial charge on any atom is -0.481 e. The number of Topliss-reactive ketones (excluding diaryl/α,β-unsaturated/α-hetero) is 1. The van der Waals surface area contributed by atoms with Crippen molar-refractivity contribution in [1.82, 2.24) is 0 Å². The normalized spacial score (nSPS) is 30.7. The Balaban J connectivity index is 2.69. The summed E-state index contributed by atoms with van der Waals surface area (Å²) >= 11 is 0. The van der Waals surface area contributed by atoms with Crippen LogP contribution in [-0.2, 0) is 9.59 Å². The van der Waals surface area contributed by atoms with Crippen LogP contribution in [0.15, 0.2) is 0 Å². The summed E-state index contributed by atoms with van der Waals surface area (Å²) in [4.78, 5) is 22.1. The zero-order valence-electron chi connectivity index (χ0n) is 8.33. The van der Waals surface area contributed by atoms with Crippen LogP contribution in [0.4, 0.5) is 0 Å². The Bertz CT molecular complexity index is 243. The van der Waals surface area contributed by atoms with Gasteiger partial charge in [0, 0.05) is 12.3 Å². The maximum Gasteiger partial charge on any atom is 0.307 e. The molecule has 0 aromatic heterocycles. The molecule has 0 saturated heterocycles. The molecule has 2 atom stereocenters. The fourth-order valence-corrected chi connectivity index (χ4v) is 2.14. The van der Waals surface area contributed by atoms with Crippen molar-refractivity contribution in [3.63, 3.8) is 0 Å². The molecule has 0 bridgehead atoms. The van der Waals surface area contributed by atoms with Crippen molar-refractivity contribution in [3.8, 4) is 0 Å². The molecule has 0 spiro atoms. The number of carboxylic acids is 1. The zero-order chi connectivity index (χ0) is 10.2. The van der Waals surface area contributed by atoms with E-state index in [0.717, 1.165) is 0 Å². The van der Waals surface area contributed by atoms with E-state index in [-0.39, 0.29) is 23.0 Å². The van der Waals surface area contributed by atoms with E-state index in [1.807, 2.05) is 20.8 Å². The van der Waals surface area contributed by atoms with Crippen LogP contribution in [0, 0.1) is 17.3 Å². The van der Waals surface area contributed by atoms with Gasteiger partial charge in [0.15, 0.2) is 0 Å². The van der Waals surface area contributed by atoms with Gasteiger partial charge in [-0.3, -0.25) is 9.59 Å². The number of hydrogen-bond acceptors (Lipinski definition) is 2. The van der Waals surface area contributed by atoms with Crippen LogP contribution in [0.2, 0.25) is 0 Å². The summed E-state index contributed by atoms with van der Waals surface area (Å²) in [6.07, 6.45) is 1.04. The van der Waals surface area contributed by atoms with Gasteiger partial charge < -0.3 is 5.11 Å². The van der Waals surface area contributed by atoms with Crippen molar-refractivity contribution in [3.05, 3.63) is 0 Å². The number of hydrogen-bond donors (Lipinski definition) is 1. The molecule has 1 N–H and O–H groups in total. The fraction of sp³-hybridized carbons (Fsp3) is 0.800. The SMILES string of the molecule is CCC(=O)[C@@H]1C[C@H](C(=O)O)C1(C)C. The molecule has 3 heteroatoms. The molecule has 0 aromatic carbocycles. The number of aliphatic carboxylic acids is 1. The zero-order valence-corrected chi connectivity index (χ0v) is 8.33. The number of carboxylic acid groups (broad SMARTS) is 1. The van der Waals surface area contributed by atoms with E-state index in [9.17, 15) is 9.59 Å². The summed E-state index contributed by atoms with van der Waals surface area (Å²) in [6.45, 7) is 5.56. The lowest BCUT2D eigenvalue weighted by Crippen LogP contribution is -2.51. The Morgan fingerprint density at radius 2 is 1.92 bits per heavy atom. The predicted octanol–water partition coefficient (Wildman–Crippen LogP) is 1.71. The minimum absolute atomic E-state index is 0.0430. The highest BCUT2D eigenvalue weighted by atomic mass is 16.4. The monoisotopic (exact) mass is 184 g/mol. The van der Waals surface area contributed by atoms with Gasteiger partial charge >= 0.3 is 5.97 Å². The number of ketones is 1. The maximum atomic E-state index is 11.4. The van der Waals surface area contributed by atoms with Crippen molar-refractivity contribution in [2.24, 2.45) is 17.3 Å². The van der Waals surface area contributed by atoms with Gasteiger partial charge in [-0.1, -0.05) is 20.8 Å². The Morgan fingerprint density at radius 1 is 1.38 bits per heavy atom. The Kier molecular flexibility index (Phi) is 2.46. The molecular formula is C10H16O3. The molecule has 1 saturated carbocycles. The lowest BCUT2D eigenvalue weighted by Gasteiger charge is -2.48. The lowest BCUT2D eigenvalue weighted by atomic mass is 9.53. The van der Waals surface area contributed by atoms with Gasteiger partial charge in [-0.2, -0.15) is 0 Å². The molecule has 74 valence electrons. The molecule has 0 aliphatic heterocycles. The van der Waals surface area contributed by atoms with Gasteiger partial charge in [0.2, 0.25) is 0 Å². The second-order valence-corrected chi connectivity index (χ2v) is 4.32. The number of carbonyl (C=O) groups excluding carboxylic acids is 1. The van der Waals surface area contributed by atoms with Gasteiger partial charge in [0.05, 0.1) is 5.92 Å². The van der Waals surface area contributed by atoms with Crippen molar-refractivity contribution >= 4 is 11.8 Å². The maximum absolute atomic E-state index is 11.4. The molecule has 13 heavy (non-hydrogen) atoms. The van der Waals surface area contributed by atoms with E-state index in [0.29, 0.717) is 12.8 Å². The average molecular weight is 184 g/mol. The van der Waals surface area contributed by atoms with Crippen molar-refractivity contribution in [2.45, 2.75) is 33.6 Å². The number of rotatable bonds is 3. The first kappa shape index (κ1) is 10.2. The molecule has 0 heterocycles. The summed E-state index contributed by atoms with van der Waals surface area (Å²) in [5, 5.41) is 8.83. The molecular weight excluding hydrogens is 168 g/mol. The van der Waals surface area contributed by atoms with E-state index in [1.54, 1.807) is 0 Å². The summed E-state index contributed by atoms with van der Waals surface area (Å²) in [5.74, 6) is -0.959. The molecule has 0 radical (unpaired) electrons. The molecule has 1 aliphatic carbocycles. The van der Waals surface area contributed by atoms with Crippen molar-refractivity contribution in [2.75, 3.05) is 0 Å². The third-order valence-electron chi connectivity index (χ3n) is 3.30. The van der Waals surface area contributed by atoms with E-state index in [4.69, 9.17) is 5.11 Å². The van der Waals surface area contributed by atoms with Gasteiger partial charge in [-0.05, 0) is 11.8 Å². The smallest absolute Gasteiger partial charge is 0.307 e. The molecule has 1 aliphatic rings. The quantitative estimate of drug-likeness (QED) is 0.726. The third-order valence-corrected chi connectivity index (χ3v) is 3.30. The lowest BCUT2D eigenvalue weighted by molar-refractivity contribution is -0.162. The van der Waals surface area contributed by atoms with Gasteiger partial charge in [-0.25, -0.2) is 0 Å². The Morgan fingerprint density at radius 3 is 2.23 bits per heavy atom. The summed E-state index contributed by atoms with van der Waals surface area (Å²) < 4.78 is 0. The van der Waals surface area contributed by atoms with Gasteiger partial charge in [-0.15, -0.1) is 0 Å². The molecule has 0 unspecified atom stereocenters. The van der Waals surface area contributed by atoms with Crippen LogP contribution in [0.5, 0.6) is 0 Å². The van der Waals surface area contributed by atoms with Crippen LogP contribution >= 0.6 is 0 Å². The Hall–Kier alpha value is -0.860. The van der Waals surface area contributed by atoms with Crippen molar-refractivity contribution in [1.29, 1.82) is 0 Å². The third kappa shape index (κ3) is 1.47. The largest absolute Gasteiger partial charge is 0.481 e. The highest BCUT2D eigenvalue weighted by molar-refractivity contribution is 5.85. The summed E-state index contributed by atoms with van der Waals surface area (Å²) in [7, 11) is 0. The molecule has 1 fully saturated rings. The van der Waals surface area contributed by atoms with Gasteiger partial charge in [0.1, 0.15) is 5.78 Å². The van der Waals surface area contributed by atoms with E-state index in [2.05, 4.69) is 0 Å². The average Bonchev–Trinajstić information content (AvgIpc) is 2.01. The molecule has 3 nitrogen and oxygen atoms in total. The van der Waals surface area contributed by atoms with Crippen LogP contribution in [0.25, 0.3) is 0 Å². The number of carbonyl (C=O) groups is 2. The first-order valence-corrected chi connectivity index (χ1v) is 4.66. The standard InChI is InChI=1S/C10H16O3/c1-4-8(11)6-5-7(9(12)13)10(6,2)3/h6-7H,4-5H2,1-3H3,(H,12,13)/t6-,7+/m0/s1. The second kappa shape index (κ2) is 3.13. The first-order chi connectivity index (χ1) is 5.91. The Labute approximate surface area is 78.1 Å². The topological polar surface area (TPSA) is 54.4 Å². The van der Waals surface area contributed by atoms with Crippen molar-refractivity contribution < 1.29 is 14.7 Å². The van der Waals surface area contributed by atoms with E-state index < -0.39 is 5.97 Å². The minimum atomic E-state index is -0.773. The van der Waals surface area contributed by atoms with Crippen LogP contribution in [0.1, 0.15) is 33.6 Å². The summed E-state index contributed by atoms with van der Waals surface area (Å²) in [6, 6.07) is 0. The highest BCUT2D eigenvalue weighted by Gasteiger charge is 2.54. The molecule has 0 amide bonds. The van der Waals surface area contributed by atoms with Gasteiger partial charge in [0.25, 0.3) is 0 Å².